The van der Waals surface area contributed by atoms with Gasteiger partial charge in [-0.1, -0.05) is 41.9 Å². The maximum absolute atomic E-state index is 12.7. The molecule has 2 aliphatic heterocycles. The fraction of sp³-hybridized carbons (Fsp3) is 0.222. The predicted octanol–water partition coefficient (Wildman–Crippen LogP) is 2.87. The molecule has 1 saturated heterocycles. The molecule has 0 bridgehead atoms. The van der Waals surface area contributed by atoms with Gasteiger partial charge in [-0.25, -0.2) is 4.79 Å². The molecule has 2 aromatic rings. The molecule has 4 rings (SSSR count). The molecule has 2 aliphatic rings. The van der Waals surface area contributed by atoms with Crippen molar-refractivity contribution in [1.29, 1.82) is 0 Å². The van der Waals surface area contributed by atoms with Crippen molar-refractivity contribution in [2.75, 3.05) is 11.9 Å². The van der Waals surface area contributed by atoms with E-state index in [1.165, 1.54) is 0 Å². The molecule has 5 nitrogen and oxygen atoms in total. The topological polar surface area (TPSA) is 67.9 Å². The van der Waals surface area contributed by atoms with Gasteiger partial charge in [0.2, 0.25) is 0 Å². The molecule has 1 amide bonds. The van der Waals surface area contributed by atoms with Crippen LogP contribution in [0.2, 0.25) is 5.02 Å². The first kappa shape index (κ1) is 15.2. The van der Waals surface area contributed by atoms with Gasteiger partial charge in [0, 0.05) is 16.3 Å². The molecule has 2 unspecified atom stereocenters. The summed E-state index contributed by atoms with van der Waals surface area (Å²) < 4.78 is 11.0. The van der Waals surface area contributed by atoms with Gasteiger partial charge in [-0.05, 0) is 30.7 Å². The van der Waals surface area contributed by atoms with E-state index in [9.17, 15) is 9.59 Å². The summed E-state index contributed by atoms with van der Waals surface area (Å²) in [5, 5.41) is 3.22. The maximum atomic E-state index is 12.7. The summed E-state index contributed by atoms with van der Waals surface area (Å²) in [6.45, 7) is 1.84. The number of esters is 1. The summed E-state index contributed by atoms with van der Waals surface area (Å²) >= 11 is 6.15. The number of hydrogen-bond acceptors (Lipinski definition) is 4. The van der Waals surface area contributed by atoms with Crippen molar-refractivity contribution in [2.24, 2.45) is 0 Å². The van der Waals surface area contributed by atoms with E-state index in [-0.39, 0.29) is 6.61 Å². The van der Waals surface area contributed by atoms with E-state index in [1.54, 1.807) is 25.1 Å². The third kappa shape index (κ3) is 1.74. The van der Waals surface area contributed by atoms with Gasteiger partial charge in [-0.3, -0.25) is 4.79 Å². The second-order valence-corrected chi connectivity index (χ2v) is 6.13. The summed E-state index contributed by atoms with van der Waals surface area (Å²) in [6.07, 6.45) is 0. The minimum absolute atomic E-state index is 0.157. The minimum Gasteiger partial charge on any atom is -0.463 e. The van der Waals surface area contributed by atoms with Crippen LogP contribution in [-0.4, -0.2) is 24.1 Å². The first-order valence-electron chi connectivity index (χ1n) is 7.60. The van der Waals surface area contributed by atoms with Crippen molar-refractivity contribution >= 4 is 29.2 Å². The Kier molecular flexibility index (Phi) is 3.20. The molecule has 1 N–H and O–H groups in total. The first-order chi connectivity index (χ1) is 11.6. The largest absolute Gasteiger partial charge is 0.463 e. The van der Waals surface area contributed by atoms with E-state index in [1.807, 2.05) is 30.3 Å². The lowest BCUT2D eigenvalue weighted by molar-refractivity contribution is -0.152. The average Bonchev–Trinajstić information content (AvgIpc) is 3.31. The summed E-state index contributed by atoms with van der Waals surface area (Å²) in [5.41, 5.74) is -1.01. The van der Waals surface area contributed by atoms with Gasteiger partial charge in [0.05, 0.1) is 6.61 Å². The molecule has 2 heterocycles. The van der Waals surface area contributed by atoms with Gasteiger partial charge in [0.1, 0.15) is 0 Å². The maximum Gasteiger partial charge on any atom is 0.352 e. The highest BCUT2D eigenvalue weighted by Crippen LogP contribution is 2.64. The monoisotopic (exact) mass is 343 g/mol. The lowest BCUT2D eigenvalue weighted by Crippen LogP contribution is -2.48. The number of ether oxygens (including phenoxy) is 2. The smallest absolute Gasteiger partial charge is 0.352 e. The highest BCUT2D eigenvalue weighted by Gasteiger charge is 2.84. The molecular formula is C18H14ClNO4. The third-order valence-electron chi connectivity index (χ3n) is 4.43. The highest BCUT2D eigenvalue weighted by molar-refractivity contribution is 6.31. The Bertz CT molecular complexity index is 853. The van der Waals surface area contributed by atoms with E-state index in [0.717, 1.165) is 0 Å². The van der Waals surface area contributed by atoms with Gasteiger partial charge < -0.3 is 14.8 Å². The number of benzene rings is 2. The Labute approximate surface area is 143 Å². The van der Waals surface area contributed by atoms with E-state index < -0.39 is 23.1 Å². The van der Waals surface area contributed by atoms with Gasteiger partial charge in [0.25, 0.3) is 11.5 Å². The Balaban J connectivity index is 1.98. The molecule has 0 aromatic heterocycles. The number of rotatable bonds is 3. The summed E-state index contributed by atoms with van der Waals surface area (Å²) in [7, 11) is 0. The zero-order valence-corrected chi connectivity index (χ0v) is 13.6. The highest BCUT2D eigenvalue weighted by atomic mass is 35.5. The number of carbonyl (C=O) groups excluding carboxylic acids is 2. The number of epoxide rings is 1. The number of nitrogens with one attached hydrogen (secondary N) is 1. The minimum atomic E-state index is -1.72. The van der Waals surface area contributed by atoms with Crippen molar-refractivity contribution in [1.82, 2.24) is 0 Å². The standard InChI is InChI=1S/C18H14ClNO4/c1-2-23-16(22)18-15(21)20-14-9-8-12(19)10-13(14)17(18,24-18)11-6-4-3-5-7-11/h3-10H,2H2,1H3,(H,20,21). The van der Waals surface area contributed by atoms with Crippen LogP contribution in [0.15, 0.2) is 48.5 Å². The quantitative estimate of drug-likeness (QED) is 0.528. The van der Waals surface area contributed by atoms with Gasteiger partial charge in [-0.15, -0.1) is 0 Å². The second kappa shape index (κ2) is 5.06. The summed E-state index contributed by atoms with van der Waals surface area (Å²) in [6, 6.07) is 14.3. The lowest BCUT2D eigenvalue weighted by Gasteiger charge is -2.26. The molecular weight excluding hydrogens is 330 g/mol. The number of amides is 1. The van der Waals surface area contributed by atoms with Crippen molar-refractivity contribution in [3.05, 3.63) is 64.7 Å². The van der Waals surface area contributed by atoms with Crippen molar-refractivity contribution < 1.29 is 19.1 Å². The molecule has 24 heavy (non-hydrogen) atoms. The molecule has 0 radical (unpaired) electrons. The average molecular weight is 344 g/mol. The summed E-state index contributed by atoms with van der Waals surface area (Å²) in [4.78, 5) is 25.3. The van der Waals surface area contributed by atoms with Crippen LogP contribution in [-0.2, 0) is 24.7 Å². The Morgan fingerprint density at radius 1 is 1.25 bits per heavy atom. The molecule has 2 atom stereocenters. The fourth-order valence-corrected chi connectivity index (χ4v) is 3.56. The number of fused-ring (bicyclic) bond motifs is 3. The number of anilines is 1. The zero-order valence-electron chi connectivity index (χ0n) is 12.8. The molecule has 0 spiro atoms. The fourth-order valence-electron chi connectivity index (χ4n) is 3.38. The molecule has 122 valence electrons. The van der Waals surface area contributed by atoms with E-state index in [4.69, 9.17) is 21.1 Å². The summed E-state index contributed by atoms with van der Waals surface area (Å²) in [5.74, 6) is -1.23. The lowest BCUT2D eigenvalue weighted by atomic mass is 9.77. The van der Waals surface area contributed by atoms with Crippen LogP contribution in [0, 0.1) is 0 Å². The van der Waals surface area contributed by atoms with Gasteiger partial charge in [0.15, 0.2) is 5.60 Å². The van der Waals surface area contributed by atoms with Crippen LogP contribution in [0.25, 0.3) is 0 Å². The van der Waals surface area contributed by atoms with E-state index >= 15 is 0 Å². The third-order valence-corrected chi connectivity index (χ3v) is 4.67. The van der Waals surface area contributed by atoms with Gasteiger partial charge in [-0.2, -0.15) is 0 Å². The van der Waals surface area contributed by atoms with Crippen LogP contribution in [0.1, 0.15) is 18.1 Å². The molecule has 1 fully saturated rings. The zero-order chi connectivity index (χ0) is 16.9. The van der Waals surface area contributed by atoms with Crippen molar-refractivity contribution in [2.45, 2.75) is 18.1 Å². The van der Waals surface area contributed by atoms with Crippen LogP contribution in [0.4, 0.5) is 5.69 Å². The van der Waals surface area contributed by atoms with Crippen LogP contribution in [0.3, 0.4) is 0 Å². The van der Waals surface area contributed by atoms with E-state index in [0.29, 0.717) is 21.8 Å². The number of hydrogen-bond donors (Lipinski definition) is 1. The molecule has 2 aromatic carbocycles. The predicted molar refractivity (Wildman–Crippen MR) is 87.8 cm³/mol. The Morgan fingerprint density at radius 3 is 2.71 bits per heavy atom. The van der Waals surface area contributed by atoms with Crippen LogP contribution >= 0.6 is 11.6 Å². The Hall–Kier alpha value is -2.37. The van der Waals surface area contributed by atoms with E-state index in [2.05, 4.69) is 5.32 Å². The van der Waals surface area contributed by atoms with Gasteiger partial charge >= 0.3 is 5.97 Å². The van der Waals surface area contributed by atoms with Crippen LogP contribution in [0.5, 0.6) is 0 Å². The first-order valence-corrected chi connectivity index (χ1v) is 7.98. The normalized spacial score (nSPS) is 26.8. The van der Waals surface area contributed by atoms with Crippen molar-refractivity contribution in [3.63, 3.8) is 0 Å². The number of halogens is 1. The van der Waals surface area contributed by atoms with Crippen LogP contribution < -0.4 is 5.32 Å². The second-order valence-electron chi connectivity index (χ2n) is 5.69. The molecule has 6 heteroatoms. The molecule has 0 aliphatic carbocycles. The Morgan fingerprint density at radius 2 is 2.00 bits per heavy atom. The SMILES string of the molecule is CCOC(=O)C12OC1(c1ccccc1)c1cc(Cl)ccc1NC2=O. The number of carbonyl (C=O) groups is 2. The molecule has 0 saturated carbocycles. The van der Waals surface area contributed by atoms with Crippen molar-refractivity contribution in [3.8, 4) is 0 Å².